The van der Waals surface area contributed by atoms with Gasteiger partial charge in [0, 0.05) is 21.1 Å². The first-order chi connectivity index (χ1) is 2.00. The molecule has 1 heterocycles. The van der Waals surface area contributed by atoms with E-state index in [0.29, 0.717) is 0 Å². The molecule has 1 saturated heterocycles. The first kappa shape index (κ1) is 5.65. The minimum atomic E-state index is 0. The first-order valence-corrected chi connectivity index (χ1v) is 1.52. The third-order valence-electron chi connectivity index (χ3n) is 0.577. The summed E-state index contributed by atoms with van der Waals surface area (Å²) >= 11 is 0. The Bertz CT molecular complexity index is 14.9. The van der Waals surface area contributed by atoms with Gasteiger partial charge in [-0.1, -0.05) is 0 Å². The molecule has 0 radical (unpaired) electrons. The van der Waals surface area contributed by atoms with Crippen LogP contribution in [0, 0.1) is 6.42 Å². The molecule has 2 heteroatoms. The van der Waals surface area contributed by atoms with Gasteiger partial charge in [-0.25, -0.2) is 0 Å². The van der Waals surface area contributed by atoms with E-state index in [1.807, 2.05) is 0 Å². The number of hydrogen-bond donors (Lipinski definition) is 1. The molecule has 1 fully saturated rings. The molecule has 0 atom stereocenters. The molecule has 1 nitrogen and oxygen atoms in total. The fraction of sp³-hybridized carbons (Fsp3) is 0.667. The Morgan fingerprint density at radius 2 is 1.60 bits per heavy atom. The molecular weight excluding hydrogens is 234 g/mol. The van der Waals surface area contributed by atoms with E-state index in [2.05, 4.69) is 11.7 Å². The Kier molecular flexibility index (Phi) is 3.23. The van der Waals surface area contributed by atoms with E-state index >= 15 is 0 Å². The Hall–Kier alpha value is 0.648. The van der Waals surface area contributed by atoms with Crippen LogP contribution in [0.25, 0.3) is 0 Å². The minimum Gasteiger partial charge on any atom is -0.376 e. The largest absolute Gasteiger partial charge is 0.376 e. The van der Waals surface area contributed by atoms with Gasteiger partial charge in [-0.05, 0) is 0 Å². The molecule has 30 valence electrons. The van der Waals surface area contributed by atoms with Crippen molar-refractivity contribution in [2.24, 2.45) is 0 Å². The van der Waals surface area contributed by atoms with Crippen LogP contribution in [0.4, 0.5) is 0 Å². The monoisotopic (exact) mass is 240 g/mol. The van der Waals surface area contributed by atoms with Crippen molar-refractivity contribution in [3.05, 3.63) is 6.42 Å². The maximum atomic E-state index is 3.06. The van der Waals surface area contributed by atoms with E-state index in [4.69, 9.17) is 0 Å². The Morgan fingerprint density at radius 1 is 1.40 bits per heavy atom. The summed E-state index contributed by atoms with van der Waals surface area (Å²) in [5.74, 6) is 0. The maximum absolute atomic E-state index is 3.06. The van der Waals surface area contributed by atoms with Gasteiger partial charge in [-0.2, -0.15) is 0 Å². The first-order valence-electron chi connectivity index (χ1n) is 1.52. The van der Waals surface area contributed by atoms with Gasteiger partial charge >= 0.3 is 0 Å². The van der Waals surface area contributed by atoms with E-state index < -0.39 is 0 Å². The molecule has 0 unspecified atom stereocenters. The van der Waals surface area contributed by atoms with E-state index in [1.54, 1.807) is 0 Å². The van der Waals surface area contributed by atoms with Crippen molar-refractivity contribution in [1.29, 1.82) is 0 Å². The molecule has 0 amide bonds. The molecule has 1 aliphatic rings. The Morgan fingerprint density at radius 3 is 1.60 bits per heavy atom. The summed E-state index contributed by atoms with van der Waals surface area (Å²) in [4.78, 5) is 0. The molecule has 0 aliphatic carbocycles. The molecule has 1 aliphatic heterocycles. The Labute approximate surface area is 46.4 Å². The van der Waals surface area contributed by atoms with Crippen molar-refractivity contribution in [2.45, 2.75) is 0 Å². The fourth-order valence-electron chi connectivity index (χ4n) is 0.144. The molecular formula is C3H6NW-. The molecule has 1 rings (SSSR count). The summed E-state index contributed by atoms with van der Waals surface area (Å²) in [6, 6.07) is 0. The van der Waals surface area contributed by atoms with E-state index in [0.717, 1.165) is 13.1 Å². The average Bonchev–Trinajstić information content (AvgIpc) is 0.722. The zero-order valence-corrected chi connectivity index (χ0v) is 5.83. The summed E-state index contributed by atoms with van der Waals surface area (Å²) in [5.41, 5.74) is 0. The van der Waals surface area contributed by atoms with E-state index in [9.17, 15) is 0 Å². The predicted molar refractivity (Wildman–Crippen MR) is 17.2 cm³/mol. The number of hydrogen-bond acceptors (Lipinski definition) is 1. The van der Waals surface area contributed by atoms with Crippen molar-refractivity contribution in [1.82, 2.24) is 5.32 Å². The zero-order valence-electron chi connectivity index (χ0n) is 2.90. The van der Waals surface area contributed by atoms with Gasteiger partial charge < -0.3 is 11.7 Å². The van der Waals surface area contributed by atoms with Gasteiger partial charge in [-0.15, -0.1) is 13.1 Å². The normalized spacial score (nSPS) is 19.2. The standard InChI is InChI=1S/C3H6N.W/c1-2-4-3-1;/h1,4H,2-3H2;/q-1;. The average molecular weight is 240 g/mol. The number of nitrogens with one attached hydrogen (secondary N) is 1. The van der Waals surface area contributed by atoms with Crippen molar-refractivity contribution in [3.63, 3.8) is 0 Å². The van der Waals surface area contributed by atoms with Gasteiger partial charge in [0.25, 0.3) is 0 Å². The van der Waals surface area contributed by atoms with Gasteiger partial charge in [0.2, 0.25) is 0 Å². The third kappa shape index (κ3) is 1.51. The van der Waals surface area contributed by atoms with Crippen LogP contribution >= 0.6 is 0 Å². The van der Waals surface area contributed by atoms with Crippen molar-refractivity contribution >= 4 is 0 Å². The number of rotatable bonds is 0. The van der Waals surface area contributed by atoms with Crippen LogP contribution < -0.4 is 5.32 Å². The van der Waals surface area contributed by atoms with E-state index in [1.165, 1.54) is 0 Å². The smallest absolute Gasteiger partial charge is 0 e. The molecule has 0 spiro atoms. The summed E-state index contributed by atoms with van der Waals surface area (Å²) in [7, 11) is 0. The maximum Gasteiger partial charge on any atom is 0 e. The predicted octanol–water partition coefficient (Wildman–Crippen LogP) is -0.209. The second-order valence-electron chi connectivity index (χ2n) is 0.947. The molecule has 0 bridgehead atoms. The quantitative estimate of drug-likeness (QED) is 0.578. The van der Waals surface area contributed by atoms with Gasteiger partial charge in [0.15, 0.2) is 0 Å². The van der Waals surface area contributed by atoms with E-state index in [-0.39, 0.29) is 21.1 Å². The third-order valence-corrected chi connectivity index (χ3v) is 0.577. The minimum absolute atomic E-state index is 0. The molecule has 0 aromatic rings. The van der Waals surface area contributed by atoms with Crippen LogP contribution in [-0.4, -0.2) is 13.1 Å². The SMILES string of the molecule is [CH-]1CNC1.[W]. The van der Waals surface area contributed by atoms with Crippen molar-refractivity contribution in [2.75, 3.05) is 13.1 Å². The second-order valence-corrected chi connectivity index (χ2v) is 0.947. The molecule has 1 N–H and O–H groups in total. The fourth-order valence-corrected chi connectivity index (χ4v) is 0.144. The molecule has 0 saturated carbocycles. The summed E-state index contributed by atoms with van der Waals surface area (Å²) in [5, 5.41) is 3.06. The summed E-state index contributed by atoms with van der Waals surface area (Å²) < 4.78 is 0. The van der Waals surface area contributed by atoms with Crippen LogP contribution in [-0.2, 0) is 21.1 Å². The van der Waals surface area contributed by atoms with Crippen LogP contribution in [0.5, 0.6) is 0 Å². The molecule has 0 aromatic carbocycles. The van der Waals surface area contributed by atoms with Crippen LogP contribution in [0.1, 0.15) is 0 Å². The topological polar surface area (TPSA) is 12.0 Å². The van der Waals surface area contributed by atoms with Crippen molar-refractivity contribution in [3.8, 4) is 0 Å². The van der Waals surface area contributed by atoms with Gasteiger partial charge in [-0.3, -0.25) is 0 Å². The van der Waals surface area contributed by atoms with Crippen LogP contribution in [0.2, 0.25) is 0 Å². The van der Waals surface area contributed by atoms with Crippen LogP contribution in [0.15, 0.2) is 0 Å². The molecule has 0 aromatic heterocycles. The van der Waals surface area contributed by atoms with Crippen molar-refractivity contribution < 1.29 is 21.1 Å². The Balaban J connectivity index is 0.000000160. The summed E-state index contributed by atoms with van der Waals surface area (Å²) in [6.07, 6.45) is 2.19. The van der Waals surface area contributed by atoms with Gasteiger partial charge in [0.05, 0.1) is 0 Å². The summed E-state index contributed by atoms with van der Waals surface area (Å²) in [6.45, 7) is 2.25. The van der Waals surface area contributed by atoms with Gasteiger partial charge in [0.1, 0.15) is 0 Å². The van der Waals surface area contributed by atoms with Crippen LogP contribution in [0.3, 0.4) is 0 Å². The molecule has 5 heavy (non-hydrogen) atoms. The zero-order chi connectivity index (χ0) is 2.83. The second kappa shape index (κ2) is 2.86.